The number of hydrogen-bond donors (Lipinski definition) is 3. The predicted molar refractivity (Wildman–Crippen MR) is 134 cm³/mol. The number of urea groups is 1. The number of hydrogen-bond acceptors (Lipinski definition) is 8. The number of carbonyl (C=O) groups excluding carboxylic acids is 1. The summed E-state index contributed by atoms with van der Waals surface area (Å²) in [6, 6.07) is 12.1. The Morgan fingerprint density at radius 3 is 2.34 bits per heavy atom. The van der Waals surface area contributed by atoms with Crippen molar-refractivity contribution in [2.45, 2.75) is 4.21 Å². The summed E-state index contributed by atoms with van der Waals surface area (Å²) in [6.07, 6.45) is 1.14. The number of nitrogens with one attached hydrogen (secondary N) is 3. The van der Waals surface area contributed by atoms with Gasteiger partial charge in [-0.1, -0.05) is 11.6 Å². The monoisotopic (exact) mass is 533 g/mol. The van der Waals surface area contributed by atoms with Crippen molar-refractivity contribution < 1.29 is 18.1 Å². The summed E-state index contributed by atoms with van der Waals surface area (Å²) in [7, 11) is -2.43. The third kappa shape index (κ3) is 4.96. The maximum Gasteiger partial charge on any atom is 0.333 e. The molecule has 0 aliphatic carbocycles. The molecule has 0 aliphatic rings. The topological polar surface area (TPSA) is 152 Å². The number of anilines is 2. The molecule has 0 aliphatic heterocycles. The largest absolute Gasteiger partial charge is 0.388 e. The van der Waals surface area contributed by atoms with Gasteiger partial charge in [-0.05, 0) is 54.6 Å². The molecule has 0 bridgehead atoms. The van der Waals surface area contributed by atoms with E-state index in [0.29, 0.717) is 11.4 Å². The van der Waals surface area contributed by atoms with E-state index in [1.807, 2.05) is 4.72 Å². The highest BCUT2D eigenvalue weighted by Crippen LogP contribution is 2.27. The Morgan fingerprint density at radius 1 is 1.06 bits per heavy atom. The van der Waals surface area contributed by atoms with Crippen molar-refractivity contribution in [1.29, 1.82) is 0 Å². The summed E-state index contributed by atoms with van der Waals surface area (Å²) < 4.78 is 27.6. The summed E-state index contributed by atoms with van der Waals surface area (Å²) in [6.45, 7) is 0. The zero-order chi connectivity index (χ0) is 25.3. The predicted octanol–water partition coefficient (Wildman–Crippen LogP) is 4.17. The summed E-state index contributed by atoms with van der Waals surface area (Å²) >= 11 is 6.54. The smallest absolute Gasteiger partial charge is 0.333 e. The Morgan fingerprint density at radius 2 is 1.74 bits per heavy atom. The fraction of sp³-hybridized carbons (Fsp3) is 0.0476. The third-order valence-electron chi connectivity index (χ3n) is 4.93. The lowest BCUT2D eigenvalue weighted by molar-refractivity contribution is -0.383. The molecule has 2 aromatic heterocycles. The first-order valence-corrected chi connectivity index (χ1v) is 12.5. The zero-order valence-electron chi connectivity index (χ0n) is 17.8. The van der Waals surface area contributed by atoms with E-state index in [0.717, 1.165) is 22.1 Å². The molecule has 14 heteroatoms. The third-order valence-corrected chi connectivity index (χ3v) is 7.98. The number of amides is 2. The average molecular weight is 534 g/mol. The van der Waals surface area contributed by atoms with Gasteiger partial charge in [-0.3, -0.25) is 19.5 Å². The number of carbonyl (C=O) groups is 1. The SMILES string of the molecule is CNc1ccc2c(=O)n(-c3ccc(NC(=O)NS(=O)(=O)c4ccc(Cl)s4)cc3)cc([N+](=O)[O-])c2c1. The second kappa shape index (κ2) is 9.37. The Bertz CT molecular complexity index is 1630. The van der Waals surface area contributed by atoms with Crippen molar-refractivity contribution in [3.05, 3.63) is 85.6 Å². The van der Waals surface area contributed by atoms with Gasteiger partial charge in [0, 0.05) is 24.1 Å². The average Bonchev–Trinajstić information content (AvgIpc) is 3.26. The number of rotatable bonds is 6. The van der Waals surface area contributed by atoms with Gasteiger partial charge < -0.3 is 10.6 Å². The van der Waals surface area contributed by atoms with Crippen LogP contribution < -0.4 is 20.9 Å². The van der Waals surface area contributed by atoms with Gasteiger partial charge in [0.05, 0.1) is 26.2 Å². The molecule has 180 valence electrons. The molecule has 4 rings (SSSR count). The number of nitrogens with zero attached hydrogens (tertiary/aromatic N) is 2. The van der Waals surface area contributed by atoms with Crippen LogP contribution in [0.2, 0.25) is 4.34 Å². The summed E-state index contributed by atoms with van der Waals surface area (Å²) in [5, 5.41) is 17.3. The lowest BCUT2D eigenvalue weighted by Crippen LogP contribution is -2.33. The van der Waals surface area contributed by atoms with Gasteiger partial charge in [0.2, 0.25) is 0 Å². The second-order valence-corrected chi connectivity index (χ2v) is 10.7. The van der Waals surface area contributed by atoms with E-state index in [2.05, 4.69) is 10.6 Å². The normalized spacial score (nSPS) is 11.3. The molecule has 0 atom stereocenters. The van der Waals surface area contributed by atoms with Crippen molar-refractivity contribution in [2.24, 2.45) is 0 Å². The quantitative estimate of drug-likeness (QED) is 0.248. The molecule has 2 heterocycles. The number of pyridine rings is 1. The van der Waals surface area contributed by atoms with Crippen molar-refractivity contribution in [2.75, 3.05) is 17.7 Å². The Kier molecular flexibility index (Phi) is 6.47. The lowest BCUT2D eigenvalue weighted by Gasteiger charge is -2.11. The zero-order valence-corrected chi connectivity index (χ0v) is 20.2. The van der Waals surface area contributed by atoms with Gasteiger partial charge >= 0.3 is 6.03 Å². The first kappa shape index (κ1) is 24.2. The van der Waals surface area contributed by atoms with Gasteiger partial charge in [0.25, 0.3) is 21.3 Å². The maximum atomic E-state index is 13.0. The first-order chi connectivity index (χ1) is 16.6. The van der Waals surface area contributed by atoms with Gasteiger partial charge in [-0.15, -0.1) is 11.3 Å². The molecular weight excluding hydrogens is 518 g/mol. The summed E-state index contributed by atoms with van der Waals surface area (Å²) in [4.78, 5) is 36.3. The second-order valence-electron chi connectivity index (χ2n) is 7.12. The van der Waals surface area contributed by atoms with Gasteiger partial charge in [0.15, 0.2) is 0 Å². The van der Waals surface area contributed by atoms with Crippen LogP contribution in [0.25, 0.3) is 16.5 Å². The molecule has 0 saturated carbocycles. The molecule has 2 amide bonds. The maximum absolute atomic E-state index is 13.0. The Balaban J connectivity index is 1.60. The lowest BCUT2D eigenvalue weighted by atomic mass is 10.1. The van der Waals surface area contributed by atoms with Crippen LogP contribution in [0.5, 0.6) is 0 Å². The first-order valence-electron chi connectivity index (χ1n) is 9.80. The van der Waals surface area contributed by atoms with E-state index in [-0.39, 0.29) is 30.7 Å². The van der Waals surface area contributed by atoms with Gasteiger partial charge in [-0.2, -0.15) is 0 Å². The molecule has 0 fully saturated rings. The number of aromatic nitrogens is 1. The van der Waals surface area contributed by atoms with E-state index in [9.17, 15) is 28.1 Å². The van der Waals surface area contributed by atoms with Crippen LogP contribution in [-0.4, -0.2) is 31.0 Å². The summed E-state index contributed by atoms with van der Waals surface area (Å²) in [5.41, 5.74) is 0.442. The van der Waals surface area contributed by atoms with Crippen LogP contribution in [-0.2, 0) is 10.0 Å². The molecule has 35 heavy (non-hydrogen) atoms. The number of halogens is 1. The molecule has 0 radical (unpaired) electrons. The highest BCUT2D eigenvalue weighted by Gasteiger charge is 2.21. The molecule has 0 unspecified atom stereocenters. The number of nitro groups is 1. The number of fused-ring (bicyclic) bond motifs is 1. The highest BCUT2D eigenvalue weighted by molar-refractivity contribution is 7.92. The highest BCUT2D eigenvalue weighted by atomic mass is 35.5. The minimum atomic E-state index is -4.10. The van der Waals surface area contributed by atoms with E-state index in [1.165, 1.54) is 48.5 Å². The van der Waals surface area contributed by atoms with E-state index < -0.39 is 26.5 Å². The van der Waals surface area contributed by atoms with Gasteiger partial charge in [-0.25, -0.2) is 17.9 Å². The van der Waals surface area contributed by atoms with Crippen LogP contribution in [0.15, 0.2) is 69.8 Å². The minimum absolute atomic E-state index is 0.118. The number of thiophene rings is 1. The molecular formula is C21H16ClN5O6S2. The molecule has 3 N–H and O–H groups in total. The summed E-state index contributed by atoms with van der Waals surface area (Å²) in [5.74, 6) is 0. The van der Waals surface area contributed by atoms with Crippen molar-refractivity contribution in [3.63, 3.8) is 0 Å². The Labute approximate surface area is 207 Å². The van der Waals surface area contributed by atoms with E-state index in [1.54, 1.807) is 13.1 Å². The van der Waals surface area contributed by atoms with Crippen LogP contribution in [0, 0.1) is 10.1 Å². The van der Waals surface area contributed by atoms with E-state index >= 15 is 0 Å². The molecule has 0 spiro atoms. The number of sulfonamides is 1. The van der Waals surface area contributed by atoms with Crippen molar-refractivity contribution in [1.82, 2.24) is 9.29 Å². The molecule has 4 aromatic rings. The Hall–Kier alpha value is -3.94. The van der Waals surface area contributed by atoms with E-state index in [4.69, 9.17) is 11.6 Å². The van der Waals surface area contributed by atoms with Crippen LogP contribution >= 0.6 is 22.9 Å². The van der Waals surface area contributed by atoms with Crippen molar-refractivity contribution in [3.8, 4) is 5.69 Å². The molecule has 0 saturated heterocycles. The van der Waals surface area contributed by atoms with Crippen LogP contribution in [0.1, 0.15) is 0 Å². The number of benzene rings is 2. The van der Waals surface area contributed by atoms with Gasteiger partial charge in [0.1, 0.15) is 4.21 Å². The molecule has 11 nitrogen and oxygen atoms in total. The minimum Gasteiger partial charge on any atom is -0.388 e. The fourth-order valence-electron chi connectivity index (χ4n) is 3.29. The molecule has 2 aromatic carbocycles. The van der Waals surface area contributed by atoms with Crippen LogP contribution in [0.3, 0.4) is 0 Å². The van der Waals surface area contributed by atoms with Crippen molar-refractivity contribution >= 4 is 66.8 Å². The fourth-order valence-corrected chi connectivity index (χ4v) is 5.68. The standard InChI is InChI=1S/C21H16ClN5O6S2/c1-23-13-4-7-15-16(10-13)17(27(30)31)11-26(20(15)28)14-5-2-12(3-6-14)24-21(29)25-35(32,33)19-9-8-18(22)34-19/h2-11,23H,1H3,(H2,24,25,29). The van der Waals surface area contributed by atoms with Crippen LogP contribution in [0.4, 0.5) is 21.9 Å².